The molecule has 0 radical (unpaired) electrons. The molecule has 0 N–H and O–H groups in total. The normalized spacial score (nSPS) is 16.7. The van der Waals surface area contributed by atoms with Crippen LogP contribution in [0.5, 0.6) is 0 Å². The Balaban J connectivity index is 1.91. The van der Waals surface area contributed by atoms with Gasteiger partial charge >= 0.3 is 0 Å². The summed E-state index contributed by atoms with van der Waals surface area (Å²) in [5.41, 5.74) is 2.57. The third kappa shape index (κ3) is 3.46. The van der Waals surface area contributed by atoms with Gasteiger partial charge in [-0.05, 0) is 44.2 Å². The summed E-state index contributed by atoms with van der Waals surface area (Å²) in [6, 6.07) is 8.79. The fourth-order valence-electron chi connectivity index (χ4n) is 3.29. The molecule has 1 fully saturated rings. The van der Waals surface area contributed by atoms with Crippen LogP contribution in [0.4, 0.5) is 0 Å². The number of aromatic nitrogens is 3. The van der Waals surface area contributed by atoms with Gasteiger partial charge in [0, 0.05) is 5.56 Å². The maximum atomic E-state index is 4.49. The monoisotopic (exact) mass is 281 g/mol. The minimum atomic E-state index is 0.705. The molecule has 2 aromatic rings. The van der Waals surface area contributed by atoms with E-state index in [1.807, 2.05) is 13.8 Å². The van der Waals surface area contributed by atoms with E-state index in [1.54, 1.807) is 0 Å². The van der Waals surface area contributed by atoms with Gasteiger partial charge in [-0.1, -0.05) is 43.9 Å². The summed E-state index contributed by atoms with van der Waals surface area (Å²) < 4.78 is 0. The lowest BCUT2D eigenvalue weighted by atomic mass is 9.91. The number of nitrogens with zero attached hydrogens (tertiary/aromatic N) is 3. The average molecular weight is 281 g/mol. The van der Waals surface area contributed by atoms with E-state index in [2.05, 4.69) is 39.2 Å². The predicted octanol–water partition coefficient (Wildman–Crippen LogP) is 4.59. The standard InChI is InChI=1S/C18H23N3/c1-13-19-14(2)21-18(20-13)17-11-7-10-16(12-17)15-8-5-3-4-6-9-15/h7,10-12,15H,3-6,8-9H2,1-2H3. The van der Waals surface area contributed by atoms with E-state index in [-0.39, 0.29) is 0 Å². The van der Waals surface area contributed by atoms with Gasteiger partial charge in [-0.25, -0.2) is 15.0 Å². The van der Waals surface area contributed by atoms with Gasteiger partial charge in [-0.3, -0.25) is 0 Å². The third-order valence-corrected chi connectivity index (χ3v) is 4.33. The molecule has 3 heteroatoms. The van der Waals surface area contributed by atoms with Gasteiger partial charge in [0.25, 0.3) is 0 Å². The van der Waals surface area contributed by atoms with E-state index in [4.69, 9.17) is 0 Å². The number of hydrogen-bond acceptors (Lipinski definition) is 3. The molecule has 21 heavy (non-hydrogen) atoms. The Morgan fingerprint density at radius 1 is 0.857 bits per heavy atom. The van der Waals surface area contributed by atoms with Crippen molar-refractivity contribution in [3.63, 3.8) is 0 Å². The van der Waals surface area contributed by atoms with E-state index in [0.717, 1.165) is 23.0 Å². The Labute approximate surface area is 126 Å². The summed E-state index contributed by atoms with van der Waals surface area (Å²) in [7, 11) is 0. The zero-order valence-electron chi connectivity index (χ0n) is 13.0. The van der Waals surface area contributed by atoms with E-state index < -0.39 is 0 Å². The summed E-state index contributed by atoms with van der Waals surface area (Å²) in [5.74, 6) is 3.08. The molecule has 0 bridgehead atoms. The second kappa shape index (κ2) is 6.33. The maximum Gasteiger partial charge on any atom is 0.163 e. The largest absolute Gasteiger partial charge is 0.219 e. The Kier molecular flexibility index (Phi) is 4.28. The third-order valence-electron chi connectivity index (χ3n) is 4.33. The first-order valence-corrected chi connectivity index (χ1v) is 8.02. The first-order valence-electron chi connectivity index (χ1n) is 8.02. The molecule has 3 nitrogen and oxygen atoms in total. The second-order valence-corrected chi connectivity index (χ2v) is 6.07. The molecule has 1 aromatic carbocycles. The molecule has 0 spiro atoms. The zero-order chi connectivity index (χ0) is 14.7. The predicted molar refractivity (Wildman–Crippen MR) is 85.2 cm³/mol. The molecular weight excluding hydrogens is 258 g/mol. The lowest BCUT2D eigenvalue weighted by Gasteiger charge is -2.15. The van der Waals surface area contributed by atoms with Gasteiger partial charge in [-0.15, -0.1) is 0 Å². The zero-order valence-corrected chi connectivity index (χ0v) is 13.0. The fraction of sp³-hybridized carbons (Fsp3) is 0.500. The van der Waals surface area contributed by atoms with Crippen molar-refractivity contribution in [3.8, 4) is 11.4 Å². The molecule has 110 valence electrons. The number of benzene rings is 1. The Morgan fingerprint density at radius 3 is 2.19 bits per heavy atom. The van der Waals surface area contributed by atoms with Gasteiger partial charge in [0.05, 0.1) is 0 Å². The summed E-state index contributed by atoms with van der Waals surface area (Å²) in [5, 5.41) is 0. The van der Waals surface area contributed by atoms with Crippen LogP contribution in [0.25, 0.3) is 11.4 Å². The highest BCUT2D eigenvalue weighted by Crippen LogP contribution is 2.33. The van der Waals surface area contributed by atoms with Gasteiger partial charge in [0.1, 0.15) is 11.6 Å². The molecule has 1 heterocycles. The molecule has 0 amide bonds. The highest BCUT2D eigenvalue weighted by atomic mass is 15.0. The lowest BCUT2D eigenvalue weighted by molar-refractivity contribution is 0.592. The van der Waals surface area contributed by atoms with Crippen LogP contribution in [0.1, 0.15) is 61.7 Å². The first kappa shape index (κ1) is 14.2. The van der Waals surface area contributed by atoms with Gasteiger partial charge in [0.2, 0.25) is 0 Å². The second-order valence-electron chi connectivity index (χ2n) is 6.07. The highest BCUT2D eigenvalue weighted by Gasteiger charge is 2.15. The fourth-order valence-corrected chi connectivity index (χ4v) is 3.29. The van der Waals surface area contributed by atoms with E-state index in [0.29, 0.717) is 5.92 Å². The molecule has 3 rings (SSSR count). The molecular formula is C18H23N3. The van der Waals surface area contributed by atoms with Crippen LogP contribution < -0.4 is 0 Å². The molecule has 1 aromatic heterocycles. The summed E-state index contributed by atoms with van der Waals surface area (Å²) >= 11 is 0. The Hall–Kier alpha value is -1.77. The molecule has 0 atom stereocenters. The minimum absolute atomic E-state index is 0.705. The molecule has 1 saturated carbocycles. The highest BCUT2D eigenvalue weighted by molar-refractivity contribution is 5.56. The number of aryl methyl sites for hydroxylation is 2. The van der Waals surface area contributed by atoms with Crippen LogP contribution >= 0.6 is 0 Å². The van der Waals surface area contributed by atoms with E-state index in [1.165, 1.54) is 44.1 Å². The Morgan fingerprint density at radius 2 is 1.52 bits per heavy atom. The van der Waals surface area contributed by atoms with E-state index in [9.17, 15) is 0 Å². The van der Waals surface area contributed by atoms with Crippen molar-refractivity contribution in [1.29, 1.82) is 0 Å². The lowest BCUT2D eigenvalue weighted by Crippen LogP contribution is -2.01. The number of rotatable bonds is 2. The minimum Gasteiger partial charge on any atom is -0.219 e. The van der Waals surface area contributed by atoms with Crippen molar-refractivity contribution in [2.75, 3.05) is 0 Å². The topological polar surface area (TPSA) is 38.7 Å². The molecule has 0 saturated heterocycles. The average Bonchev–Trinajstić information content (AvgIpc) is 2.75. The van der Waals surface area contributed by atoms with Crippen LogP contribution in [-0.4, -0.2) is 15.0 Å². The summed E-state index contributed by atoms with van der Waals surface area (Å²) in [6.45, 7) is 3.85. The van der Waals surface area contributed by atoms with Crippen LogP contribution in [0, 0.1) is 13.8 Å². The molecule has 0 aliphatic heterocycles. The van der Waals surface area contributed by atoms with Crippen LogP contribution in [0.2, 0.25) is 0 Å². The van der Waals surface area contributed by atoms with Crippen LogP contribution in [-0.2, 0) is 0 Å². The van der Waals surface area contributed by atoms with E-state index >= 15 is 0 Å². The van der Waals surface area contributed by atoms with Crippen molar-refractivity contribution < 1.29 is 0 Å². The Bertz CT molecular complexity index is 593. The number of hydrogen-bond donors (Lipinski definition) is 0. The van der Waals surface area contributed by atoms with Crippen molar-refractivity contribution in [2.24, 2.45) is 0 Å². The first-order chi connectivity index (χ1) is 10.2. The SMILES string of the molecule is Cc1nc(C)nc(-c2cccc(C3CCCCCC3)c2)n1. The van der Waals surface area contributed by atoms with Gasteiger partial charge in [-0.2, -0.15) is 0 Å². The molecule has 1 aliphatic rings. The smallest absolute Gasteiger partial charge is 0.163 e. The molecule has 1 aliphatic carbocycles. The van der Waals surface area contributed by atoms with Crippen molar-refractivity contribution in [3.05, 3.63) is 41.5 Å². The van der Waals surface area contributed by atoms with Gasteiger partial charge in [0.15, 0.2) is 5.82 Å². The van der Waals surface area contributed by atoms with Crippen molar-refractivity contribution in [2.45, 2.75) is 58.3 Å². The molecule has 0 unspecified atom stereocenters. The summed E-state index contributed by atoms with van der Waals surface area (Å²) in [4.78, 5) is 13.2. The maximum absolute atomic E-state index is 4.49. The quantitative estimate of drug-likeness (QED) is 0.755. The van der Waals surface area contributed by atoms with Crippen LogP contribution in [0.15, 0.2) is 24.3 Å². The summed E-state index contributed by atoms with van der Waals surface area (Å²) in [6.07, 6.45) is 8.14. The van der Waals surface area contributed by atoms with Crippen LogP contribution in [0.3, 0.4) is 0 Å². The van der Waals surface area contributed by atoms with Crippen molar-refractivity contribution in [1.82, 2.24) is 15.0 Å². The van der Waals surface area contributed by atoms with Gasteiger partial charge < -0.3 is 0 Å². The van der Waals surface area contributed by atoms with Crippen molar-refractivity contribution >= 4 is 0 Å².